The molecular weight excluding hydrogens is 224 g/mol. The molecule has 18 heavy (non-hydrogen) atoms. The Bertz CT molecular complexity index is 586. The number of hydrogen-bond donors (Lipinski definition) is 2. The monoisotopic (exact) mass is 238 g/mol. The Labute approximate surface area is 106 Å². The van der Waals surface area contributed by atoms with Crippen LogP contribution in [0.2, 0.25) is 0 Å². The van der Waals surface area contributed by atoms with Gasteiger partial charge >= 0.3 is 0 Å². The normalized spacial score (nSPS) is 11.6. The summed E-state index contributed by atoms with van der Waals surface area (Å²) in [7, 11) is 0. The van der Waals surface area contributed by atoms with Gasteiger partial charge in [0.1, 0.15) is 5.82 Å². The Kier molecular flexibility index (Phi) is 3.44. The molecule has 0 saturated carbocycles. The van der Waals surface area contributed by atoms with Crippen molar-refractivity contribution in [2.45, 2.75) is 13.0 Å². The molecule has 0 aliphatic heterocycles. The smallest absolute Gasteiger partial charge is 0.127 e. The van der Waals surface area contributed by atoms with Crippen molar-refractivity contribution in [1.82, 2.24) is 4.98 Å². The van der Waals surface area contributed by atoms with Crippen molar-refractivity contribution < 1.29 is 0 Å². The van der Waals surface area contributed by atoms with Crippen LogP contribution < -0.4 is 11.1 Å². The topological polar surface area (TPSA) is 74.7 Å². The minimum Gasteiger partial charge on any atom is -0.399 e. The average Bonchev–Trinajstić information content (AvgIpc) is 2.39. The second kappa shape index (κ2) is 5.19. The number of nitriles is 1. The van der Waals surface area contributed by atoms with Gasteiger partial charge in [0.05, 0.1) is 17.7 Å². The molecule has 1 aromatic carbocycles. The molecule has 2 aromatic rings. The van der Waals surface area contributed by atoms with E-state index in [-0.39, 0.29) is 6.04 Å². The molecule has 0 saturated heterocycles. The Morgan fingerprint density at radius 1 is 1.33 bits per heavy atom. The number of nitrogens with two attached hydrogens (primary N) is 1. The molecule has 0 radical (unpaired) electrons. The van der Waals surface area contributed by atoms with Gasteiger partial charge in [-0.15, -0.1) is 0 Å². The van der Waals surface area contributed by atoms with Gasteiger partial charge in [-0.25, -0.2) is 4.98 Å². The highest BCUT2D eigenvalue weighted by molar-refractivity contribution is 5.47. The fraction of sp³-hybridized carbons (Fsp3) is 0.143. The first-order valence-corrected chi connectivity index (χ1v) is 5.67. The van der Waals surface area contributed by atoms with Crippen LogP contribution in [0.25, 0.3) is 0 Å². The van der Waals surface area contributed by atoms with Gasteiger partial charge < -0.3 is 11.1 Å². The summed E-state index contributed by atoms with van der Waals surface area (Å²) in [6.45, 7) is 2.02. The second-order valence-corrected chi connectivity index (χ2v) is 4.08. The van der Waals surface area contributed by atoms with E-state index in [0.717, 1.165) is 11.3 Å². The van der Waals surface area contributed by atoms with Crippen molar-refractivity contribution in [3.05, 3.63) is 53.7 Å². The molecule has 1 aromatic heterocycles. The van der Waals surface area contributed by atoms with E-state index in [1.54, 1.807) is 18.3 Å². The standard InChI is InChI=1S/C14H14N4/c1-10(12-3-2-4-13(16)8-12)18-14-7-11(9-15)5-6-17-14/h2-8,10H,16H2,1H3,(H,17,18). The summed E-state index contributed by atoms with van der Waals surface area (Å²) in [5.74, 6) is 0.684. The molecule has 1 atom stereocenters. The first-order chi connectivity index (χ1) is 8.69. The van der Waals surface area contributed by atoms with Crippen LogP contribution in [0.15, 0.2) is 42.6 Å². The van der Waals surface area contributed by atoms with Crippen LogP contribution in [0.4, 0.5) is 11.5 Å². The minimum atomic E-state index is 0.0787. The molecule has 4 heteroatoms. The highest BCUT2D eigenvalue weighted by atomic mass is 15.0. The number of pyridine rings is 1. The lowest BCUT2D eigenvalue weighted by Gasteiger charge is -2.15. The van der Waals surface area contributed by atoms with Gasteiger partial charge in [-0.1, -0.05) is 12.1 Å². The molecule has 3 N–H and O–H groups in total. The van der Waals surface area contributed by atoms with Crippen molar-refractivity contribution in [1.29, 1.82) is 5.26 Å². The number of anilines is 2. The Balaban J connectivity index is 2.16. The van der Waals surface area contributed by atoms with Crippen molar-refractivity contribution in [2.75, 3.05) is 11.1 Å². The second-order valence-electron chi connectivity index (χ2n) is 4.08. The number of hydrogen-bond acceptors (Lipinski definition) is 4. The first kappa shape index (κ1) is 11.9. The van der Waals surface area contributed by atoms with Gasteiger partial charge in [-0.3, -0.25) is 0 Å². The number of nitrogen functional groups attached to an aromatic ring is 1. The quantitative estimate of drug-likeness (QED) is 0.806. The van der Waals surface area contributed by atoms with E-state index < -0.39 is 0 Å². The van der Waals surface area contributed by atoms with Crippen LogP contribution >= 0.6 is 0 Å². The predicted octanol–water partition coefficient (Wildman–Crippen LogP) is 2.71. The van der Waals surface area contributed by atoms with Gasteiger partial charge in [-0.05, 0) is 36.8 Å². The zero-order valence-corrected chi connectivity index (χ0v) is 10.1. The molecule has 90 valence electrons. The van der Waals surface area contributed by atoms with Crippen molar-refractivity contribution in [2.24, 2.45) is 0 Å². The van der Waals surface area contributed by atoms with E-state index in [1.165, 1.54) is 0 Å². The third-order valence-electron chi connectivity index (χ3n) is 2.66. The lowest BCUT2D eigenvalue weighted by Crippen LogP contribution is -2.08. The molecule has 0 bridgehead atoms. The zero-order valence-electron chi connectivity index (χ0n) is 10.1. The first-order valence-electron chi connectivity index (χ1n) is 5.67. The molecule has 0 aliphatic carbocycles. The summed E-state index contributed by atoms with van der Waals surface area (Å²) in [6, 6.07) is 13.3. The summed E-state index contributed by atoms with van der Waals surface area (Å²) >= 11 is 0. The maximum absolute atomic E-state index is 8.83. The molecule has 4 nitrogen and oxygen atoms in total. The number of nitrogens with one attached hydrogen (secondary N) is 1. The van der Waals surface area contributed by atoms with Crippen LogP contribution in [-0.2, 0) is 0 Å². The molecule has 0 amide bonds. The van der Waals surface area contributed by atoms with Crippen molar-refractivity contribution >= 4 is 11.5 Å². The van der Waals surface area contributed by atoms with Gasteiger partial charge in [0.25, 0.3) is 0 Å². The average molecular weight is 238 g/mol. The third kappa shape index (κ3) is 2.77. The number of nitrogens with zero attached hydrogens (tertiary/aromatic N) is 2. The molecule has 0 spiro atoms. The van der Waals surface area contributed by atoms with E-state index in [2.05, 4.69) is 16.4 Å². The van der Waals surface area contributed by atoms with Gasteiger partial charge in [0.2, 0.25) is 0 Å². The third-order valence-corrected chi connectivity index (χ3v) is 2.66. The van der Waals surface area contributed by atoms with Crippen LogP contribution in [0, 0.1) is 11.3 Å². The SMILES string of the molecule is CC(Nc1cc(C#N)ccn1)c1cccc(N)c1. The minimum absolute atomic E-state index is 0.0787. The zero-order chi connectivity index (χ0) is 13.0. The number of benzene rings is 1. The Hall–Kier alpha value is -2.54. The summed E-state index contributed by atoms with van der Waals surface area (Å²) in [5.41, 5.74) is 8.16. The maximum atomic E-state index is 8.83. The summed E-state index contributed by atoms with van der Waals surface area (Å²) in [4.78, 5) is 4.18. The van der Waals surface area contributed by atoms with E-state index in [1.807, 2.05) is 31.2 Å². The molecule has 1 unspecified atom stereocenters. The van der Waals surface area contributed by atoms with Crippen LogP contribution in [0.5, 0.6) is 0 Å². The highest BCUT2D eigenvalue weighted by Crippen LogP contribution is 2.19. The van der Waals surface area contributed by atoms with Crippen LogP contribution in [-0.4, -0.2) is 4.98 Å². The van der Waals surface area contributed by atoms with Gasteiger partial charge in [0.15, 0.2) is 0 Å². The molecule has 0 fully saturated rings. The largest absolute Gasteiger partial charge is 0.399 e. The maximum Gasteiger partial charge on any atom is 0.127 e. The Morgan fingerprint density at radius 2 is 2.17 bits per heavy atom. The lowest BCUT2D eigenvalue weighted by atomic mass is 10.1. The van der Waals surface area contributed by atoms with Gasteiger partial charge in [-0.2, -0.15) is 5.26 Å². The van der Waals surface area contributed by atoms with Gasteiger partial charge in [0, 0.05) is 11.9 Å². The molecule has 2 rings (SSSR count). The van der Waals surface area contributed by atoms with Crippen molar-refractivity contribution in [3.8, 4) is 6.07 Å². The predicted molar refractivity (Wildman–Crippen MR) is 71.8 cm³/mol. The Morgan fingerprint density at radius 3 is 2.89 bits per heavy atom. The van der Waals surface area contributed by atoms with Crippen molar-refractivity contribution in [3.63, 3.8) is 0 Å². The number of rotatable bonds is 3. The van der Waals surface area contributed by atoms with E-state index >= 15 is 0 Å². The summed E-state index contributed by atoms with van der Waals surface area (Å²) < 4.78 is 0. The van der Waals surface area contributed by atoms with Crippen LogP contribution in [0.1, 0.15) is 24.1 Å². The van der Waals surface area contributed by atoms with E-state index in [9.17, 15) is 0 Å². The summed E-state index contributed by atoms with van der Waals surface area (Å²) in [6.07, 6.45) is 1.62. The fourth-order valence-corrected chi connectivity index (χ4v) is 1.71. The molecular formula is C14H14N4. The molecule has 0 aliphatic rings. The fourth-order valence-electron chi connectivity index (χ4n) is 1.71. The van der Waals surface area contributed by atoms with E-state index in [0.29, 0.717) is 11.4 Å². The lowest BCUT2D eigenvalue weighted by molar-refractivity contribution is 0.875. The van der Waals surface area contributed by atoms with Crippen LogP contribution in [0.3, 0.4) is 0 Å². The number of aromatic nitrogens is 1. The summed E-state index contributed by atoms with van der Waals surface area (Å²) in [5, 5.41) is 12.1. The highest BCUT2D eigenvalue weighted by Gasteiger charge is 2.06. The van der Waals surface area contributed by atoms with E-state index in [4.69, 9.17) is 11.0 Å². The molecule has 1 heterocycles.